The molecule has 0 N–H and O–H groups in total. The van der Waals surface area contributed by atoms with Gasteiger partial charge in [0, 0.05) is 12.0 Å². The van der Waals surface area contributed by atoms with Crippen LogP contribution in [0.3, 0.4) is 0 Å². The zero-order valence-electron chi connectivity index (χ0n) is 9.03. The number of rotatable bonds is 2. The van der Waals surface area contributed by atoms with Gasteiger partial charge in [-0.25, -0.2) is 0 Å². The van der Waals surface area contributed by atoms with Crippen LogP contribution in [0, 0.1) is 0 Å². The minimum absolute atomic E-state index is 0.124. The van der Waals surface area contributed by atoms with Gasteiger partial charge >= 0.3 is 0 Å². The molecule has 2 heteroatoms. The Labute approximate surface area is 85.4 Å². The summed E-state index contributed by atoms with van der Waals surface area (Å²) in [5.41, 5.74) is 1.46. The van der Waals surface area contributed by atoms with Crippen LogP contribution in [0.5, 0.6) is 0 Å². The molecule has 76 valence electrons. The third-order valence-corrected chi connectivity index (χ3v) is 2.37. The summed E-state index contributed by atoms with van der Waals surface area (Å²) in [6, 6.07) is 10.5. The van der Waals surface area contributed by atoms with Gasteiger partial charge in [-0.3, -0.25) is 4.84 Å². The van der Waals surface area contributed by atoms with Crippen LogP contribution in [0.15, 0.2) is 30.3 Å². The van der Waals surface area contributed by atoms with Crippen LogP contribution < -0.4 is 0 Å². The molecule has 1 aromatic carbocycles. The van der Waals surface area contributed by atoms with Crippen molar-refractivity contribution in [3.8, 4) is 0 Å². The molecule has 14 heavy (non-hydrogen) atoms. The van der Waals surface area contributed by atoms with Gasteiger partial charge in [0.2, 0.25) is 0 Å². The summed E-state index contributed by atoms with van der Waals surface area (Å²) in [7, 11) is 0. The van der Waals surface area contributed by atoms with Crippen molar-refractivity contribution in [2.45, 2.75) is 39.0 Å². The maximum absolute atomic E-state index is 5.52. The van der Waals surface area contributed by atoms with E-state index in [0.717, 1.165) is 6.42 Å². The maximum Gasteiger partial charge on any atom is 0.159 e. The number of benzene rings is 1. The fraction of sp³-hybridized carbons (Fsp3) is 0.500. The summed E-state index contributed by atoms with van der Waals surface area (Å²) in [5, 5.41) is 2.06. The van der Waals surface area contributed by atoms with Crippen molar-refractivity contribution < 1.29 is 4.84 Å². The van der Waals surface area contributed by atoms with Gasteiger partial charge in [0.25, 0.3) is 0 Å². The fourth-order valence-electron chi connectivity index (χ4n) is 1.63. The third kappa shape index (κ3) is 2.14. The molecule has 1 saturated heterocycles. The van der Waals surface area contributed by atoms with Crippen LogP contribution in [0.2, 0.25) is 0 Å². The predicted molar refractivity (Wildman–Crippen MR) is 56.6 cm³/mol. The van der Waals surface area contributed by atoms with Crippen molar-refractivity contribution in [2.75, 3.05) is 0 Å². The summed E-state index contributed by atoms with van der Waals surface area (Å²) in [6.07, 6.45) is 1.26. The zero-order chi connectivity index (χ0) is 10.2. The Morgan fingerprint density at radius 2 is 1.86 bits per heavy atom. The first kappa shape index (κ1) is 9.69. The Hall–Kier alpha value is -0.860. The van der Waals surface area contributed by atoms with Crippen LogP contribution >= 0.6 is 0 Å². The van der Waals surface area contributed by atoms with E-state index in [4.69, 9.17) is 4.84 Å². The van der Waals surface area contributed by atoms with Crippen LogP contribution in [0.1, 0.15) is 26.3 Å². The molecule has 0 radical (unpaired) electrons. The summed E-state index contributed by atoms with van der Waals surface area (Å²) in [5.74, 6) is 0. The van der Waals surface area contributed by atoms with E-state index in [1.807, 2.05) is 6.07 Å². The minimum Gasteiger partial charge on any atom is -0.274 e. The highest BCUT2D eigenvalue weighted by molar-refractivity contribution is 5.16. The highest BCUT2D eigenvalue weighted by Crippen LogP contribution is 2.32. The standard InChI is InChI=1S/C12H17NO/c1-12(2,3)13-11(14-13)9-10-7-5-4-6-8-10/h4-8,11H,9H2,1-3H3. The van der Waals surface area contributed by atoms with E-state index >= 15 is 0 Å². The molecule has 1 aliphatic rings. The molecule has 0 saturated carbocycles. The second-order valence-electron chi connectivity index (χ2n) is 4.75. The van der Waals surface area contributed by atoms with E-state index in [1.54, 1.807) is 0 Å². The third-order valence-electron chi connectivity index (χ3n) is 2.37. The average Bonchev–Trinajstić information content (AvgIpc) is 2.85. The molecule has 2 rings (SSSR count). The summed E-state index contributed by atoms with van der Waals surface area (Å²) in [4.78, 5) is 5.52. The Morgan fingerprint density at radius 3 is 2.36 bits per heavy atom. The molecule has 1 aromatic rings. The molecule has 1 fully saturated rings. The van der Waals surface area contributed by atoms with E-state index < -0.39 is 0 Å². The van der Waals surface area contributed by atoms with Crippen LogP contribution in [0.25, 0.3) is 0 Å². The molecular weight excluding hydrogens is 174 g/mol. The largest absolute Gasteiger partial charge is 0.274 e. The van der Waals surface area contributed by atoms with Gasteiger partial charge in [-0.15, -0.1) is 0 Å². The molecule has 0 spiro atoms. The topological polar surface area (TPSA) is 15.5 Å². The second kappa shape index (κ2) is 3.37. The first-order valence-electron chi connectivity index (χ1n) is 5.07. The summed E-state index contributed by atoms with van der Waals surface area (Å²) >= 11 is 0. The van der Waals surface area contributed by atoms with E-state index in [1.165, 1.54) is 5.56 Å². The molecule has 1 heterocycles. The summed E-state index contributed by atoms with van der Waals surface area (Å²) in [6.45, 7) is 6.49. The van der Waals surface area contributed by atoms with Crippen molar-refractivity contribution >= 4 is 0 Å². The maximum atomic E-state index is 5.52. The highest BCUT2D eigenvalue weighted by atomic mass is 16.8. The second-order valence-corrected chi connectivity index (χ2v) is 4.75. The average molecular weight is 191 g/mol. The monoisotopic (exact) mass is 191 g/mol. The highest BCUT2D eigenvalue weighted by Gasteiger charge is 2.44. The van der Waals surface area contributed by atoms with Gasteiger partial charge in [0.05, 0.1) is 0 Å². The lowest BCUT2D eigenvalue weighted by molar-refractivity contribution is 0.101. The fourth-order valence-corrected chi connectivity index (χ4v) is 1.63. The van der Waals surface area contributed by atoms with Gasteiger partial charge in [-0.2, -0.15) is 5.06 Å². The molecule has 0 aliphatic carbocycles. The summed E-state index contributed by atoms with van der Waals surface area (Å²) < 4.78 is 0. The quantitative estimate of drug-likeness (QED) is 0.668. The van der Waals surface area contributed by atoms with Crippen molar-refractivity contribution in [2.24, 2.45) is 0 Å². The lowest BCUT2D eigenvalue weighted by Gasteiger charge is -2.16. The minimum atomic E-state index is 0.124. The number of hydroxylamine groups is 2. The van der Waals surface area contributed by atoms with Gasteiger partial charge in [-0.05, 0) is 26.3 Å². The first-order chi connectivity index (χ1) is 6.57. The van der Waals surface area contributed by atoms with E-state index in [-0.39, 0.29) is 11.8 Å². The van der Waals surface area contributed by atoms with Crippen molar-refractivity contribution in [3.05, 3.63) is 35.9 Å². The predicted octanol–water partition coefficient (Wildman–Crippen LogP) is 2.60. The van der Waals surface area contributed by atoms with Gasteiger partial charge in [0.1, 0.15) is 0 Å². The Balaban J connectivity index is 1.91. The smallest absolute Gasteiger partial charge is 0.159 e. The Bertz CT molecular complexity index is 302. The van der Waals surface area contributed by atoms with Crippen LogP contribution in [-0.4, -0.2) is 16.8 Å². The molecule has 1 aliphatic heterocycles. The van der Waals surface area contributed by atoms with Crippen molar-refractivity contribution in [1.29, 1.82) is 0 Å². The van der Waals surface area contributed by atoms with Crippen molar-refractivity contribution in [3.63, 3.8) is 0 Å². The molecule has 2 atom stereocenters. The van der Waals surface area contributed by atoms with Crippen LogP contribution in [-0.2, 0) is 11.3 Å². The van der Waals surface area contributed by atoms with E-state index in [9.17, 15) is 0 Å². The number of hydrogen-bond acceptors (Lipinski definition) is 2. The molecular formula is C12H17NO. The SMILES string of the molecule is CC(C)(C)N1OC1Cc1ccccc1. The number of nitrogens with zero attached hydrogens (tertiary/aromatic N) is 1. The number of hydrogen-bond donors (Lipinski definition) is 0. The van der Waals surface area contributed by atoms with Gasteiger partial charge < -0.3 is 0 Å². The lowest BCUT2D eigenvalue weighted by Crippen LogP contribution is -2.27. The zero-order valence-corrected chi connectivity index (χ0v) is 9.03. The van der Waals surface area contributed by atoms with Gasteiger partial charge in [-0.1, -0.05) is 30.3 Å². The molecule has 2 unspecified atom stereocenters. The molecule has 2 nitrogen and oxygen atoms in total. The Morgan fingerprint density at radius 1 is 1.21 bits per heavy atom. The lowest BCUT2D eigenvalue weighted by atomic mass is 10.1. The first-order valence-corrected chi connectivity index (χ1v) is 5.07. The molecule has 0 amide bonds. The molecule has 0 aromatic heterocycles. The Kier molecular flexibility index (Phi) is 2.33. The van der Waals surface area contributed by atoms with Crippen LogP contribution in [0.4, 0.5) is 0 Å². The van der Waals surface area contributed by atoms with E-state index in [0.29, 0.717) is 0 Å². The van der Waals surface area contributed by atoms with E-state index in [2.05, 4.69) is 50.1 Å². The van der Waals surface area contributed by atoms with Crippen molar-refractivity contribution in [1.82, 2.24) is 5.06 Å². The van der Waals surface area contributed by atoms with Gasteiger partial charge in [0.15, 0.2) is 6.23 Å². The normalized spacial score (nSPS) is 26.2. The molecule has 0 bridgehead atoms.